The van der Waals surface area contributed by atoms with Gasteiger partial charge in [-0.25, -0.2) is 8.78 Å². The Balaban J connectivity index is 2.73. The zero-order valence-electron chi connectivity index (χ0n) is 12.0. The second-order valence-corrected chi connectivity index (χ2v) is 4.37. The first kappa shape index (κ1) is 16.4. The van der Waals surface area contributed by atoms with E-state index in [1.165, 1.54) is 17.0 Å². The molecule has 20 heavy (non-hydrogen) atoms. The van der Waals surface area contributed by atoms with Gasteiger partial charge in [0.2, 0.25) is 0 Å². The first-order valence-corrected chi connectivity index (χ1v) is 6.55. The summed E-state index contributed by atoms with van der Waals surface area (Å²) < 4.78 is 32.5. The molecule has 0 aliphatic heterocycles. The molecule has 1 aromatic rings. The van der Waals surface area contributed by atoms with E-state index >= 15 is 0 Å². The second-order valence-electron chi connectivity index (χ2n) is 4.37. The van der Waals surface area contributed by atoms with Crippen molar-refractivity contribution >= 4 is 5.91 Å². The van der Waals surface area contributed by atoms with Crippen molar-refractivity contribution in [2.45, 2.75) is 20.4 Å². The van der Waals surface area contributed by atoms with Gasteiger partial charge in [0.1, 0.15) is 0 Å². The van der Waals surface area contributed by atoms with E-state index in [1.807, 2.05) is 6.92 Å². The largest absolute Gasteiger partial charge is 0.478 e. The number of benzene rings is 1. The van der Waals surface area contributed by atoms with Crippen LogP contribution in [-0.4, -0.2) is 37.6 Å². The van der Waals surface area contributed by atoms with Gasteiger partial charge in [0, 0.05) is 20.1 Å². The summed E-state index contributed by atoms with van der Waals surface area (Å²) in [5, 5.41) is 2.98. The number of hydrogen-bond acceptors (Lipinski definition) is 3. The molecular weight excluding hydrogens is 266 g/mol. The highest BCUT2D eigenvalue weighted by Gasteiger charge is 2.15. The molecule has 0 bridgehead atoms. The first-order chi connectivity index (χ1) is 9.49. The smallest absolute Gasteiger partial charge is 0.260 e. The molecule has 1 amide bonds. The van der Waals surface area contributed by atoms with E-state index in [0.29, 0.717) is 25.2 Å². The molecule has 0 atom stereocenters. The summed E-state index contributed by atoms with van der Waals surface area (Å²) in [4.78, 5) is 12.9. The molecule has 0 heterocycles. The highest BCUT2D eigenvalue weighted by atomic mass is 19.1. The van der Waals surface area contributed by atoms with Crippen LogP contribution in [0.15, 0.2) is 12.1 Å². The average molecular weight is 286 g/mol. The molecule has 1 aromatic carbocycles. The van der Waals surface area contributed by atoms with Gasteiger partial charge in [0.25, 0.3) is 5.91 Å². The van der Waals surface area contributed by atoms with Gasteiger partial charge >= 0.3 is 0 Å². The number of likely N-dealkylation sites (N-methyl/N-ethyl adjacent to an activating group) is 1. The lowest BCUT2D eigenvalue weighted by Crippen LogP contribution is -2.31. The summed E-state index contributed by atoms with van der Waals surface area (Å²) in [6.45, 7) is 4.91. The number of carbonyl (C=O) groups excluding carboxylic acids is 1. The molecule has 0 aromatic heterocycles. The predicted octanol–water partition coefficient (Wildman–Crippen LogP) is 1.93. The van der Waals surface area contributed by atoms with E-state index in [2.05, 4.69) is 5.32 Å². The fourth-order valence-electron chi connectivity index (χ4n) is 1.54. The third-order valence-corrected chi connectivity index (χ3v) is 2.88. The van der Waals surface area contributed by atoms with Crippen LogP contribution < -0.4 is 10.1 Å². The molecule has 0 unspecified atom stereocenters. The monoisotopic (exact) mass is 286 g/mol. The topological polar surface area (TPSA) is 41.6 Å². The summed E-state index contributed by atoms with van der Waals surface area (Å²) in [6, 6.07) is 2.41. The Morgan fingerprint density at radius 2 is 1.90 bits per heavy atom. The van der Waals surface area contributed by atoms with Gasteiger partial charge in [-0.2, -0.15) is 0 Å². The van der Waals surface area contributed by atoms with Gasteiger partial charge in [-0.05, 0) is 31.2 Å². The molecule has 112 valence electrons. The molecule has 0 spiro atoms. The summed E-state index contributed by atoms with van der Waals surface area (Å²) in [7, 11) is 1.60. The van der Waals surface area contributed by atoms with Crippen molar-refractivity contribution in [3.05, 3.63) is 29.3 Å². The van der Waals surface area contributed by atoms with Crippen LogP contribution in [0, 0.1) is 11.6 Å². The lowest BCUT2D eigenvalue weighted by atomic mass is 10.2. The van der Waals surface area contributed by atoms with E-state index in [-0.39, 0.29) is 12.5 Å². The Hall–Kier alpha value is -1.69. The van der Waals surface area contributed by atoms with Crippen molar-refractivity contribution in [2.24, 2.45) is 0 Å². The van der Waals surface area contributed by atoms with Crippen molar-refractivity contribution in [2.75, 3.05) is 26.7 Å². The van der Waals surface area contributed by atoms with Crippen molar-refractivity contribution < 1.29 is 18.3 Å². The van der Waals surface area contributed by atoms with Crippen LogP contribution in [0.1, 0.15) is 19.4 Å². The first-order valence-electron chi connectivity index (χ1n) is 6.55. The summed E-state index contributed by atoms with van der Waals surface area (Å²) in [6.07, 6.45) is 0. The molecule has 1 rings (SSSR count). The highest BCUT2D eigenvalue weighted by Crippen LogP contribution is 2.23. The average Bonchev–Trinajstić information content (AvgIpc) is 2.42. The molecule has 0 aliphatic carbocycles. The third-order valence-electron chi connectivity index (χ3n) is 2.88. The molecule has 0 fully saturated rings. The number of halogens is 2. The maximum Gasteiger partial charge on any atom is 0.260 e. The fourth-order valence-corrected chi connectivity index (χ4v) is 1.54. The third kappa shape index (κ3) is 4.45. The number of carbonyl (C=O) groups is 1. The van der Waals surface area contributed by atoms with Gasteiger partial charge in [-0.15, -0.1) is 0 Å². The summed E-state index contributed by atoms with van der Waals surface area (Å²) >= 11 is 0. The quantitative estimate of drug-likeness (QED) is 0.833. The van der Waals surface area contributed by atoms with Crippen LogP contribution in [0.5, 0.6) is 5.75 Å². The minimum absolute atomic E-state index is 0.331. The standard InChI is InChI=1S/C14H20F2N2O2/c1-4-17-8-10-6-11(15)14(12(16)7-10)20-9-13(19)18(3)5-2/h6-7,17H,4-5,8-9H2,1-3H3. The van der Waals surface area contributed by atoms with E-state index < -0.39 is 17.4 Å². The van der Waals surface area contributed by atoms with Crippen LogP contribution in [0.3, 0.4) is 0 Å². The number of rotatable bonds is 7. The fraction of sp³-hybridized carbons (Fsp3) is 0.500. The van der Waals surface area contributed by atoms with Gasteiger partial charge < -0.3 is 15.0 Å². The van der Waals surface area contributed by atoms with Crippen molar-refractivity contribution in [3.63, 3.8) is 0 Å². The maximum atomic E-state index is 13.8. The Bertz CT molecular complexity index is 443. The predicted molar refractivity (Wildman–Crippen MR) is 72.5 cm³/mol. The number of nitrogens with one attached hydrogen (secondary N) is 1. The molecule has 0 radical (unpaired) electrons. The van der Waals surface area contributed by atoms with Crippen LogP contribution >= 0.6 is 0 Å². The lowest BCUT2D eigenvalue weighted by Gasteiger charge is -2.15. The minimum Gasteiger partial charge on any atom is -0.478 e. The number of amides is 1. The molecule has 1 N–H and O–H groups in total. The molecule has 0 saturated heterocycles. The summed E-state index contributed by atoms with van der Waals surface area (Å²) in [5.74, 6) is -2.44. The van der Waals surface area contributed by atoms with Crippen molar-refractivity contribution in [1.82, 2.24) is 10.2 Å². The Morgan fingerprint density at radius 1 is 1.30 bits per heavy atom. The van der Waals surface area contributed by atoms with Gasteiger partial charge in [0.15, 0.2) is 24.0 Å². The highest BCUT2D eigenvalue weighted by molar-refractivity contribution is 5.77. The zero-order valence-corrected chi connectivity index (χ0v) is 12.0. The normalized spacial score (nSPS) is 10.4. The number of nitrogens with zero attached hydrogens (tertiary/aromatic N) is 1. The van der Waals surface area contributed by atoms with Crippen LogP contribution in [0.2, 0.25) is 0 Å². The molecule has 0 aliphatic rings. The Morgan fingerprint density at radius 3 is 2.40 bits per heavy atom. The molecule has 6 heteroatoms. The lowest BCUT2D eigenvalue weighted by molar-refractivity contribution is -0.131. The zero-order chi connectivity index (χ0) is 15.1. The van der Waals surface area contributed by atoms with E-state index in [4.69, 9.17) is 4.74 Å². The molecule has 4 nitrogen and oxygen atoms in total. The van der Waals surface area contributed by atoms with Crippen molar-refractivity contribution in [1.29, 1.82) is 0 Å². The molecular formula is C14H20F2N2O2. The van der Waals surface area contributed by atoms with E-state index in [0.717, 1.165) is 0 Å². The van der Waals surface area contributed by atoms with Crippen LogP contribution in [-0.2, 0) is 11.3 Å². The SMILES string of the molecule is CCNCc1cc(F)c(OCC(=O)N(C)CC)c(F)c1. The second kappa shape index (κ2) is 7.79. The Kier molecular flexibility index (Phi) is 6.38. The Labute approximate surface area is 117 Å². The van der Waals surface area contributed by atoms with Crippen LogP contribution in [0.25, 0.3) is 0 Å². The number of ether oxygens (including phenoxy) is 1. The molecule has 0 saturated carbocycles. The van der Waals surface area contributed by atoms with Crippen molar-refractivity contribution in [3.8, 4) is 5.75 Å². The summed E-state index contributed by atoms with van der Waals surface area (Å²) in [5.41, 5.74) is 0.492. The van der Waals surface area contributed by atoms with Gasteiger partial charge in [-0.3, -0.25) is 4.79 Å². The van der Waals surface area contributed by atoms with Gasteiger partial charge in [-0.1, -0.05) is 6.92 Å². The number of hydrogen-bond donors (Lipinski definition) is 1. The van der Waals surface area contributed by atoms with E-state index in [9.17, 15) is 13.6 Å². The van der Waals surface area contributed by atoms with Gasteiger partial charge in [0.05, 0.1) is 0 Å². The maximum absolute atomic E-state index is 13.8. The van der Waals surface area contributed by atoms with E-state index in [1.54, 1.807) is 14.0 Å². The van der Waals surface area contributed by atoms with Crippen LogP contribution in [0.4, 0.5) is 8.78 Å². The minimum atomic E-state index is -0.801.